The largest absolute Gasteiger partial charge is 1.00 e. The molecule has 0 aliphatic heterocycles. The van der Waals surface area contributed by atoms with E-state index < -0.39 is 10.1 Å². The van der Waals surface area contributed by atoms with Crippen LogP contribution >= 0.6 is 0 Å². The van der Waals surface area contributed by atoms with Gasteiger partial charge in [-0.2, -0.15) is 0 Å². The number of benzene rings is 2. The molecule has 0 saturated heterocycles. The summed E-state index contributed by atoms with van der Waals surface area (Å²) in [5.74, 6) is 0.611. The van der Waals surface area contributed by atoms with Gasteiger partial charge in [0.15, 0.2) is 0 Å². The molecule has 0 spiro atoms. The van der Waals surface area contributed by atoms with Gasteiger partial charge in [0.05, 0.1) is 0 Å². The zero-order valence-corrected chi connectivity index (χ0v) is 21.0. The summed E-state index contributed by atoms with van der Waals surface area (Å²) in [7, 11) is -4.62. The molecule has 0 radical (unpaired) electrons. The van der Waals surface area contributed by atoms with E-state index in [1.165, 1.54) is 38.2 Å². The van der Waals surface area contributed by atoms with E-state index in [2.05, 4.69) is 6.92 Å². The molecule has 2 aromatic rings. The van der Waals surface area contributed by atoms with E-state index in [0.717, 1.165) is 19.3 Å². The Bertz CT molecular complexity index is 791. The molecule has 0 fully saturated rings. The Morgan fingerprint density at radius 1 is 0.821 bits per heavy atom. The van der Waals surface area contributed by atoms with Crippen molar-refractivity contribution in [2.75, 3.05) is 0 Å². The fraction of sp³-hybridized carbons (Fsp3) is 0.455. The van der Waals surface area contributed by atoms with Crippen LogP contribution < -0.4 is 56.1 Å². The SMILES string of the molecule is CCCCCCCCCCc1cccc(Oc2ccccc2)c1S(=O)(=O)[O-].[K+]. The minimum Gasteiger partial charge on any atom is -0.744 e. The van der Waals surface area contributed by atoms with E-state index in [0.29, 0.717) is 17.7 Å². The quantitative estimate of drug-likeness (QED) is 0.296. The van der Waals surface area contributed by atoms with Crippen molar-refractivity contribution in [1.29, 1.82) is 0 Å². The minimum absolute atomic E-state index is 0. The van der Waals surface area contributed by atoms with E-state index >= 15 is 0 Å². The van der Waals surface area contributed by atoms with Gasteiger partial charge < -0.3 is 9.29 Å². The molecule has 4 nitrogen and oxygen atoms in total. The van der Waals surface area contributed by atoms with Gasteiger partial charge in [-0.25, -0.2) is 8.42 Å². The summed E-state index contributed by atoms with van der Waals surface area (Å²) >= 11 is 0. The van der Waals surface area contributed by atoms with E-state index in [-0.39, 0.29) is 62.0 Å². The standard InChI is InChI=1S/C22H30O4S.K/c1-2-3-4-5-6-7-8-10-14-19-15-13-18-21(22(19)27(23,24)25)26-20-16-11-9-12-17-20;/h9,11-13,15-18H,2-8,10,14H2,1H3,(H,23,24,25);/q;+1/p-1. The summed E-state index contributed by atoms with van der Waals surface area (Å²) < 4.78 is 41.3. The molecule has 0 aromatic heterocycles. The molecule has 2 aromatic carbocycles. The van der Waals surface area contributed by atoms with Crippen molar-refractivity contribution in [3.63, 3.8) is 0 Å². The molecule has 0 amide bonds. The van der Waals surface area contributed by atoms with Crippen molar-refractivity contribution < 1.29 is 69.1 Å². The predicted octanol–water partition coefficient (Wildman–Crippen LogP) is 3.07. The Labute approximate surface area is 212 Å². The zero-order chi connectivity index (χ0) is 19.5. The second-order valence-electron chi connectivity index (χ2n) is 6.84. The minimum atomic E-state index is -4.62. The Balaban J connectivity index is 0.00000392. The number of para-hydroxylation sites is 1. The van der Waals surface area contributed by atoms with Crippen LogP contribution in [0.15, 0.2) is 53.4 Å². The van der Waals surface area contributed by atoms with Crippen LogP contribution in [0.5, 0.6) is 11.5 Å². The summed E-state index contributed by atoms with van der Waals surface area (Å²) in [5, 5.41) is 0. The van der Waals surface area contributed by atoms with Gasteiger partial charge in [-0.05, 0) is 36.6 Å². The van der Waals surface area contributed by atoms with Gasteiger partial charge >= 0.3 is 51.4 Å². The monoisotopic (exact) mass is 428 g/mol. The van der Waals surface area contributed by atoms with Gasteiger partial charge in [0.1, 0.15) is 26.5 Å². The third kappa shape index (κ3) is 9.07. The fourth-order valence-electron chi connectivity index (χ4n) is 3.19. The summed E-state index contributed by atoms with van der Waals surface area (Å²) in [6.07, 6.45) is 9.90. The Morgan fingerprint density at radius 2 is 1.43 bits per heavy atom. The van der Waals surface area contributed by atoms with Crippen molar-refractivity contribution in [2.24, 2.45) is 0 Å². The van der Waals surface area contributed by atoms with Crippen molar-refractivity contribution >= 4 is 10.1 Å². The first-order valence-electron chi connectivity index (χ1n) is 9.83. The molecule has 0 heterocycles. The number of hydrogen-bond donors (Lipinski definition) is 0. The average Bonchev–Trinajstić information content (AvgIpc) is 2.64. The first-order valence-corrected chi connectivity index (χ1v) is 11.2. The molecular formula is C22H29KO4S. The van der Waals surface area contributed by atoms with Crippen LogP contribution in [0, 0.1) is 0 Å². The van der Waals surface area contributed by atoms with Gasteiger partial charge in [0.2, 0.25) is 0 Å². The molecule has 0 aliphatic carbocycles. The molecule has 148 valence electrons. The first-order chi connectivity index (χ1) is 13.0. The van der Waals surface area contributed by atoms with Crippen LogP contribution in [0.4, 0.5) is 0 Å². The maximum absolute atomic E-state index is 11.9. The van der Waals surface area contributed by atoms with Gasteiger partial charge in [0, 0.05) is 0 Å². The van der Waals surface area contributed by atoms with Crippen LogP contribution in [-0.4, -0.2) is 13.0 Å². The van der Waals surface area contributed by atoms with Crippen LogP contribution in [0.2, 0.25) is 0 Å². The normalized spacial score (nSPS) is 11.1. The number of ether oxygens (including phenoxy) is 1. The van der Waals surface area contributed by atoms with E-state index in [4.69, 9.17) is 4.74 Å². The maximum atomic E-state index is 11.9. The number of unbranched alkanes of at least 4 members (excludes halogenated alkanes) is 7. The molecule has 0 bridgehead atoms. The van der Waals surface area contributed by atoms with Crippen molar-refractivity contribution in [3.8, 4) is 11.5 Å². The zero-order valence-electron chi connectivity index (χ0n) is 17.0. The molecule has 6 heteroatoms. The molecule has 28 heavy (non-hydrogen) atoms. The van der Waals surface area contributed by atoms with Crippen molar-refractivity contribution in [2.45, 2.75) is 69.6 Å². The smallest absolute Gasteiger partial charge is 0.744 e. The van der Waals surface area contributed by atoms with Crippen molar-refractivity contribution in [1.82, 2.24) is 0 Å². The van der Waals surface area contributed by atoms with E-state index in [1.54, 1.807) is 36.4 Å². The molecular weight excluding hydrogens is 399 g/mol. The summed E-state index contributed by atoms with van der Waals surface area (Å²) in [5.41, 5.74) is 0.546. The number of rotatable bonds is 12. The van der Waals surface area contributed by atoms with Crippen LogP contribution in [0.1, 0.15) is 63.9 Å². The topological polar surface area (TPSA) is 66.4 Å². The van der Waals surface area contributed by atoms with E-state index in [9.17, 15) is 13.0 Å². The Morgan fingerprint density at radius 3 is 2.04 bits per heavy atom. The first kappa shape index (κ1) is 25.8. The molecule has 0 atom stereocenters. The van der Waals surface area contributed by atoms with Crippen LogP contribution in [0.25, 0.3) is 0 Å². The maximum Gasteiger partial charge on any atom is 1.00 e. The molecule has 2 rings (SSSR count). The average molecular weight is 429 g/mol. The Kier molecular flexibility index (Phi) is 12.8. The summed E-state index contributed by atoms with van der Waals surface area (Å²) in [6.45, 7) is 2.21. The number of hydrogen-bond acceptors (Lipinski definition) is 4. The van der Waals surface area contributed by atoms with Gasteiger partial charge in [-0.1, -0.05) is 82.2 Å². The van der Waals surface area contributed by atoms with Gasteiger partial charge in [-0.3, -0.25) is 0 Å². The van der Waals surface area contributed by atoms with E-state index in [1.807, 2.05) is 6.07 Å². The third-order valence-corrected chi connectivity index (χ3v) is 5.54. The van der Waals surface area contributed by atoms with Gasteiger partial charge in [-0.15, -0.1) is 0 Å². The summed E-state index contributed by atoms with van der Waals surface area (Å²) in [4.78, 5) is -0.225. The molecule has 0 N–H and O–H groups in total. The molecule has 0 aliphatic rings. The Hall–Kier alpha value is -0.214. The molecule has 0 unspecified atom stereocenters. The third-order valence-electron chi connectivity index (χ3n) is 4.58. The van der Waals surface area contributed by atoms with Crippen molar-refractivity contribution in [3.05, 3.63) is 54.1 Å². The number of aryl methyl sites for hydroxylation is 1. The van der Waals surface area contributed by atoms with Gasteiger partial charge in [0.25, 0.3) is 0 Å². The fourth-order valence-corrected chi connectivity index (χ4v) is 4.03. The van der Waals surface area contributed by atoms with Crippen LogP contribution in [-0.2, 0) is 16.5 Å². The predicted molar refractivity (Wildman–Crippen MR) is 107 cm³/mol. The molecule has 0 saturated carbocycles. The second-order valence-corrected chi connectivity index (χ2v) is 8.16. The second kappa shape index (κ2) is 13.9. The van der Waals surface area contributed by atoms with Crippen LogP contribution in [0.3, 0.4) is 0 Å². The summed E-state index contributed by atoms with van der Waals surface area (Å²) in [6, 6.07) is 13.9.